The molecule has 0 heterocycles. The van der Waals surface area contributed by atoms with Gasteiger partial charge in [0, 0.05) is 0 Å². The van der Waals surface area contributed by atoms with E-state index in [1.54, 1.807) is 48.5 Å². The lowest BCUT2D eigenvalue weighted by atomic mass is 10.2. The van der Waals surface area contributed by atoms with E-state index in [1.807, 2.05) is 12.1 Å². The molecule has 0 saturated carbocycles. The van der Waals surface area contributed by atoms with Gasteiger partial charge in [-0.3, -0.25) is 0 Å². The first-order valence-electron chi connectivity index (χ1n) is 17.0. The number of hydrogen-bond donors (Lipinski definition) is 0. The van der Waals surface area contributed by atoms with Crippen molar-refractivity contribution in [3.05, 3.63) is 71.8 Å². The summed E-state index contributed by atoms with van der Waals surface area (Å²) in [5, 5.41) is 0. The molecule has 2 aromatic carbocycles. The smallest absolute Gasteiger partial charge is 0.338 e. The second-order valence-electron chi connectivity index (χ2n) is 10.1. The Morgan fingerprint density at radius 3 is 0.660 bits per heavy atom. The Kier molecular flexibility index (Phi) is 28.6. The first-order chi connectivity index (χ1) is 24.8. The second-order valence-corrected chi connectivity index (χ2v) is 10.1. The first kappa shape index (κ1) is 43.1. The fourth-order valence-electron chi connectivity index (χ4n) is 3.78. The molecule has 0 saturated heterocycles. The van der Waals surface area contributed by atoms with Crippen molar-refractivity contribution in [1.82, 2.24) is 0 Å². The molecular formula is C36H54O14. The van der Waals surface area contributed by atoms with E-state index >= 15 is 0 Å². The fraction of sp³-hybridized carbons (Fsp3) is 0.611. The highest BCUT2D eigenvalue weighted by molar-refractivity contribution is 5.89. The Balaban J connectivity index is 1.15. The number of benzene rings is 2. The average molecular weight is 711 g/mol. The van der Waals surface area contributed by atoms with Crippen LogP contribution in [0.1, 0.15) is 20.7 Å². The van der Waals surface area contributed by atoms with E-state index in [9.17, 15) is 9.59 Å². The predicted octanol–water partition coefficient (Wildman–Crippen LogP) is 2.87. The molecule has 0 aromatic heterocycles. The van der Waals surface area contributed by atoms with Crippen LogP contribution in [0, 0.1) is 0 Å². The summed E-state index contributed by atoms with van der Waals surface area (Å²) in [5.41, 5.74) is 1.04. The minimum absolute atomic E-state index is 0.196. The maximum atomic E-state index is 11.8. The fourth-order valence-corrected chi connectivity index (χ4v) is 3.78. The van der Waals surface area contributed by atoms with Gasteiger partial charge in [-0.1, -0.05) is 36.4 Å². The number of carbonyl (C=O) groups excluding carboxylic acids is 2. The van der Waals surface area contributed by atoms with Crippen LogP contribution in [0.2, 0.25) is 0 Å². The summed E-state index contributed by atoms with van der Waals surface area (Å²) in [6.07, 6.45) is 0. The van der Waals surface area contributed by atoms with Crippen molar-refractivity contribution < 1.29 is 66.4 Å². The zero-order valence-electron chi connectivity index (χ0n) is 29.0. The zero-order chi connectivity index (χ0) is 35.4. The van der Waals surface area contributed by atoms with Crippen molar-refractivity contribution in [2.75, 3.05) is 145 Å². The third-order valence-electron chi connectivity index (χ3n) is 6.29. The Morgan fingerprint density at radius 1 is 0.280 bits per heavy atom. The van der Waals surface area contributed by atoms with Crippen molar-refractivity contribution in [1.29, 1.82) is 0 Å². The highest BCUT2D eigenvalue weighted by Gasteiger charge is 2.06. The van der Waals surface area contributed by atoms with Crippen LogP contribution in [0.4, 0.5) is 0 Å². The quantitative estimate of drug-likeness (QED) is 0.0764. The summed E-state index contributed by atoms with van der Waals surface area (Å²) >= 11 is 0. The Morgan fingerprint density at radius 2 is 0.460 bits per heavy atom. The van der Waals surface area contributed by atoms with E-state index < -0.39 is 0 Å². The normalized spacial score (nSPS) is 11.1. The lowest BCUT2D eigenvalue weighted by molar-refractivity contribution is -0.0277. The molecule has 14 heteroatoms. The van der Waals surface area contributed by atoms with Gasteiger partial charge in [0.15, 0.2) is 0 Å². The molecule has 2 rings (SSSR count). The van der Waals surface area contributed by atoms with Gasteiger partial charge in [-0.2, -0.15) is 0 Å². The lowest BCUT2D eigenvalue weighted by Crippen LogP contribution is -2.16. The Hall–Kier alpha value is -3.02. The average Bonchev–Trinajstić information content (AvgIpc) is 3.15. The molecule has 0 N–H and O–H groups in total. The van der Waals surface area contributed by atoms with Crippen LogP contribution in [0.15, 0.2) is 60.7 Å². The van der Waals surface area contributed by atoms with E-state index in [2.05, 4.69) is 0 Å². The van der Waals surface area contributed by atoms with Gasteiger partial charge in [0.05, 0.1) is 143 Å². The van der Waals surface area contributed by atoms with Gasteiger partial charge in [-0.05, 0) is 24.3 Å². The molecule has 0 bridgehead atoms. The third kappa shape index (κ3) is 25.9. The van der Waals surface area contributed by atoms with Gasteiger partial charge < -0.3 is 56.8 Å². The van der Waals surface area contributed by atoms with Gasteiger partial charge >= 0.3 is 11.9 Å². The van der Waals surface area contributed by atoms with Crippen molar-refractivity contribution in [3.8, 4) is 0 Å². The van der Waals surface area contributed by atoms with Crippen molar-refractivity contribution in [2.45, 2.75) is 0 Å². The third-order valence-corrected chi connectivity index (χ3v) is 6.29. The van der Waals surface area contributed by atoms with Crippen molar-refractivity contribution in [3.63, 3.8) is 0 Å². The van der Waals surface area contributed by atoms with Crippen LogP contribution in [-0.2, 0) is 56.8 Å². The van der Waals surface area contributed by atoms with E-state index in [-0.39, 0.29) is 25.2 Å². The number of rotatable bonds is 35. The maximum Gasteiger partial charge on any atom is 0.338 e. The van der Waals surface area contributed by atoms with Gasteiger partial charge in [0.2, 0.25) is 0 Å². The summed E-state index contributed by atoms with van der Waals surface area (Å²) in [7, 11) is 0. The minimum atomic E-state index is -0.361. The summed E-state index contributed by atoms with van der Waals surface area (Å²) in [4.78, 5) is 23.6. The van der Waals surface area contributed by atoms with E-state index in [0.717, 1.165) is 0 Å². The van der Waals surface area contributed by atoms with Crippen LogP contribution in [0.3, 0.4) is 0 Å². The highest BCUT2D eigenvalue weighted by atomic mass is 16.6. The highest BCUT2D eigenvalue weighted by Crippen LogP contribution is 2.01. The Bertz CT molecular complexity index is 960. The molecule has 0 amide bonds. The molecule has 282 valence electrons. The molecule has 14 nitrogen and oxygen atoms in total. The van der Waals surface area contributed by atoms with Crippen LogP contribution < -0.4 is 0 Å². The zero-order valence-corrected chi connectivity index (χ0v) is 29.0. The summed E-state index contributed by atoms with van der Waals surface area (Å²) in [6, 6.07) is 17.7. The molecule has 0 aliphatic rings. The summed E-state index contributed by atoms with van der Waals surface area (Å²) in [5.74, 6) is -0.721. The maximum absolute atomic E-state index is 11.8. The topological polar surface area (TPSA) is 145 Å². The summed E-state index contributed by atoms with van der Waals surface area (Å²) in [6.45, 7) is 9.37. The molecule has 50 heavy (non-hydrogen) atoms. The van der Waals surface area contributed by atoms with E-state index in [1.165, 1.54) is 0 Å². The van der Waals surface area contributed by atoms with Gasteiger partial charge in [0.25, 0.3) is 0 Å². The molecule has 0 aliphatic heterocycles. The van der Waals surface area contributed by atoms with Crippen molar-refractivity contribution in [2.24, 2.45) is 0 Å². The van der Waals surface area contributed by atoms with Gasteiger partial charge in [-0.25, -0.2) is 9.59 Å². The lowest BCUT2D eigenvalue weighted by Gasteiger charge is -2.09. The predicted molar refractivity (Wildman–Crippen MR) is 182 cm³/mol. The molecule has 2 aromatic rings. The first-order valence-corrected chi connectivity index (χ1v) is 17.0. The SMILES string of the molecule is O=C(OCCOCCOCCOCCOCCOCCOCCOCCOCCOCCOCCOC(=O)c1ccccc1)c1ccccc1. The monoisotopic (exact) mass is 710 g/mol. The van der Waals surface area contributed by atoms with Crippen LogP contribution in [0.25, 0.3) is 0 Å². The van der Waals surface area contributed by atoms with E-state index in [0.29, 0.717) is 143 Å². The number of esters is 2. The summed E-state index contributed by atoms with van der Waals surface area (Å²) < 4.78 is 64.7. The molecule has 0 aliphatic carbocycles. The van der Waals surface area contributed by atoms with Gasteiger partial charge in [-0.15, -0.1) is 0 Å². The van der Waals surface area contributed by atoms with Crippen molar-refractivity contribution >= 4 is 11.9 Å². The van der Waals surface area contributed by atoms with Crippen LogP contribution in [0.5, 0.6) is 0 Å². The number of carbonyl (C=O) groups is 2. The van der Waals surface area contributed by atoms with Gasteiger partial charge in [0.1, 0.15) is 13.2 Å². The van der Waals surface area contributed by atoms with E-state index in [4.69, 9.17) is 56.8 Å². The molecule has 0 radical (unpaired) electrons. The molecule has 0 fully saturated rings. The Labute approximate surface area is 295 Å². The minimum Gasteiger partial charge on any atom is -0.460 e. The number of ether oxygens (including phenoxy) is 12. The molecular weight excluding hydrogens is 656 g/mol. The van der Waals surface area contributed by atoms with Crippen LogP contribution in [-0.4, -0.2) is 157 Å². The molecule has 0 atom stereocenters. The molecule has 0 unspecified atom stereocenters. The standard InChI is InChI=1S/C36H54O14/c37-35(33-7-3-1-4-8-33)49-31-29-47-27-25-45-23-21-43-19-17-41-15-13-39-11-12-40-14-16-42-18-20-44-22-24-46-26-28-48-30-32-50-36(38)34-9-5-2-6-10-34/h1-10H,11-32H2. The second kappa shape index (κ2) is 33.1. The largest absolute Gasteiger partial charge is 0.460 e. The number of hydrogen-bond acceptors (Lipinski definition) is 14. The molecule has 0 spiro atoms. The van der Waals surface area contributed by atoms with Crippen LogP contribution >= 0.6 is 0 Å².